The number of carboxylic acids is 1. The molecule has 0 saturated carbocycles. The number of hydrogen-bond acceptors (Lipinski definition) is 6. The highest BCUT2D eigenvalue weighted by Gasteiger charge is 2.30. The Morgan fingerprint density at radius 3 is 1.82 bits per heavy atom. The summed E-state index contributed by atoms with van der Waals surface area (Å²) >= 11 is 3.98. The van der Waals surface area contributed by atoms with Gasteiger partial charge in [-0.3, -0.25) is 14.4 Å². The Morgan fingerprint density at radius 1 is 0.824 bits per heavy atom. The minimum atomic E-state index is -1.22. The first-order valence-electron chi connectivity index (χ1n) is 11.5. The summed E-state index contributed by atoms with van der Waals surface area (Å²) < 4.78 is 0. The van der Waals surface area contributed by atoms with Crippen molar-refractivity contribution in [1.82, 2.24) is 16.0 Å². The van der Waals surface area contributed by atoms with Crippen LogP contribution < -0.4 is 21.7 Å². The van der Waals surface area contributed by atoms with Gasteiger partial charge in [-0.1, -0.05) is 58.0 Å². The van der Waals surface area contributed by atoms with Crippen molar-refractivity contribution in [3.8, 4) is 0 Å². The number of benzene rings is 1. The minimum absolute atomic E-state index is 0.0827. The summed E-state index contributed by atoms with van der Waals surface area (Å²) in [5, 5.41) is 17.1. The summed E-state index contributed by atoms with van der Waals surface area (Å²) in [6, 6.07) is 5.15. The van der Waals surface area contributed by atoms with E-state index in [2.05, 4.69) is 28.6 Å². The van der Waals surface area contributed by atoms with Crippen LogP contribution in [0.5, 0.6) is 0 Å². The highest BCUT2D eigenvalue weighted by Crippen LogP contribution is 2.10. The number of hydrogen-bond donors (Lipinski definition) is 6. The molecule has 10 heteroatoms. The third-order valence-corrected chi connectivity index (χ3v) is 5.48. The van der Waals surface area contributed by atoms with Crippen molar-refractivity contribution in [2.45, 2.75) is 71.1 Å². The van der Waals surface area contributed by atoms with Crippen LogP contribution >= 0.6 is 12.6 Å². The van der Waals surface area contributed by atoms with Crippen molar-refractivity contribution in [3.05, 3.63) is 35.9 Å². The molecule has 1 rings (SSSR count). The number of thiol groups is 1. The average Bonchev–Trinajstić information content (AvgIpc) is 2.75. The number of carbonyl (C=O) groups is 4. The molecule has 0 aliphatic rings. The smallest absolute Gasteiger partial charge is 0.327 e. The molecule has 4 unspecified atom stereocenters. The van der Waals surface area contributed by atoms with Crippen LogP contribution in [0.2, 0.25) is 0 Å². The second kappa shape index (κ2) is 14.6. The first kappa shape index (κ1) is 29.4. The van der Waals surface area contributed by atoms with Gasteiger partial charge in [-0.05, 0) is 30.2 Å². The Hall–Kier alpha value is -2.59. The topological polar surface area (TPSA) is 151 Å². The molecule has 4 atom stereocenters. The molecule has 0 radical (unpaired) electrons. The van der Waals surface area contributed by atoms with E-state index in [0.717, 1.165) is 5.56 Å². The zero-order chi connectivity index (χ0) is 25.8. The molecular weight excluding hydrogens is 456 g/mol. The summed E-state index contributed by atoms with van der Waals surface area (Å²) in [7, 11) is 0. The number of nitrogens with one attached hydrogen (secondary N) is 3. The summed E-state index contributed by atoms with van der Waals surface area (Å²) in [4.78, 5) is 50.0. The van der Waals surface area contributed by atoms with Crippen LogP contribution in [0.15, 0.2) is 30.3 Å². The summed E-state index contributed by atoms with van der Waals surface area (Å²) in [5.74, 6) is -2.65. The van der Waals surface area contributed by atoms with Crippen LogP contribution in [-0.4, -0.2) is 58.7 Å². The van der Waals surface area contributed by atoms with Gasteiger partial charge in [0.25, 0.3) is 0 Å². The molecule has 34 heavy (non-hydrogen) atoms. The number of nitrogens with two attached hydrogens (primary N) is 1. The van der Waals surface area contributed by atoms with Gasteiger partial charge < -0.3 is 26.8 Å². The Kier molecular flexibility index (Phi) is 12.7. The zero-order valence-electron chi connectivity index (χ0n) is 20.3. The second-order valence-electron chi connectivity index (χ2n) is 9.26. The van der Waals surface area contributed by atoms with Gasteiger partial charge in [0.2, 0.25) is 17.7 Å². The van der Waals surface area contributed by atoms with E-state index in [1.54, 1.807) is 24.3 Å². The third kappa shape index (κ3) is 10.6. The Bertz CT molecular complexity index is 819. The Labute approximate surface area is 207 Å². The van der Waals surface area contributed by atoms with Gasteiger partial charge in [0, 0.05) is 12.2 Å². The second-order valence-corrected chi connectivity index (χ2v) is 9.62. The molecule has 1 aromatic rings. The Balaban J connectivity index is 3.07. The van der Waals surface area contributed by atoms with Crippen LogP contribution in [0.25, 0.3) is 0 Å². The molecule has 0 aliphatic carbocycles. The van der Waals surface area contributed by atoms with E-state index in [9.17, 15) is 24.3 Å². The lowest BCUT2D eigenvalue weighted by Gasteiger charge is -2.26. The van der Waals surface area contributed by atoms with Crippen LogP contribution in [0, 0.1) is 11.8 Å². The number of carboxylic acid groups (broad SMARTS) is 1. The van der Waals surface area contributed by atoms with Crippen molar-refractivity contribution >= 4 is 36.3 Å². The first-order valence-corrected chi connectivity index (χ1v) is 12.1. The highest BCUT2D eigenvalue weighted by atomic mass is 32.1. The predicted octanol–water partition coefficient (Wildman–Crippen LogP) is 1.12. The van der Waals surface area contributed by atoms with Gasteiger partial charge in [0.15, 0.2) is 0 Å². The monoisotopic (exact) mass is 494 g/mol. The first-order chi connectivity index (χ1) is 15.9. The van der Waals surface area contributed by atoms with Gasteiger partial charge in [-0.25, -0.2) is 4.79 Å². The maximum absolute atomic E-state index is 13.2. The van der Waals surface area contributed by atoms with E-state index in [1.165, 1.54) is 0 Å². The van der Waals surface area contributed by atoms with E-state index in [0.29, 0.717) is 12.8 Å². The van der Waals surface area contributed by atoms with Crippen molar-refractivity contribution < 1.29 is 24.3 Å². The fraction of sp³-hybridized carbons (Fsp3) is 0.583. The third-order valence-electron chi connectivity index (χ3n) is 5.11. The summed E-state index contributed by atoms with van der Waals surface area (Å²) in [6.07, 6.45) is 0.966. The van der Waals surface area contributed by atoms with Crippen molar-refractivity contribution in [2.75, 3.05) is 5.75 Å². The standard InChI is InChI=1S/C24H38N4O5S/c1-14(2)10-17(25)21(29)26-18(11-15(3)4)22(30)27-19(12-16-8-6-5-7-9-16)23(31)28-20(13-34)24(32)33/h5-9,14-15,17-20,34H,10-13,25H2,1-4H3,(H,26,29)(H,27,30)(H,28,31)(H,32,33). The van der Waals surface area contributed by atoms with Crippen molar-refractivity contribution in [2.24, 2.45) is 17.6 Å². The lowest BCUT2D eigenvalue weighted by atomic mass is 9.99. The molecule has 6 N–H and O–H groups in total. The maximum Gasteiger partial charge on any atom is 0.327 e. The molecule has 0 spiro atoms. The van der Waals surface area contributed by atoms with E-state index in [1.807, 2.05) is 33.8 Å². The molecule has 0 aliphatic heterocycles. The molecule has 3 amide bonds. The molecule has 0 saturated heterocycles. The van der Waals surface area contributed by atoms with Gasteiger partial charge >= 0.3 is 5.97 Å². The Morgan fingerprint density at radius 2 is 1.32 bits per heavy atom. The molecular formula is C24H38N4O5S. The van der Waals surface area contributed by atoms with Gasteiger partial charge in [-0.2, -0.15) is 12.6 Å². The predicted molar refractivity (Wildman–Crippen MR) is 134 cm³/mol. The van der Waals surface area contributed by atoms with Gasteiger partial charge in [-0.15, -0.1) is 0 Å². The fourth-order valence-corrected chi connectivity index (χ4v) is 3.63. The zero-order valence-corrected chi connectivity index (χ0v) is 21.2. The normalized spacial score (nSPS) is 14.7. The molecule has 0 heterocycles. The summed E-state index contributed by atoms with van der Waals surface area (Å²) in [6.45, 7) is 7.73. The lowest BCUT2D eigenvalue weighted by molar-refractivity contribution is -0.141. The molecule has 9 nitrogen and oxygen atoms in total. The molecule has 1 aromatic carbocycles. The molecule has 0 bridgehead atoms. The van der Waals surface area contributed by atoms with E-state index >= 15 is 0 Å². The number of aliphatic carboxylic acids is 1. The quantitative estimate of drug-likeness (QED) is 0.213. The summed E-state index contributed by atoms with van der Waals surface area (Å²) in [5.41, 5.74) is 6.76. The largest absolute Gasteiger partial charge is 0.480 e. The van der Waals surface area contributed by atoms with E-state index in [4.69, 9.17) is 5.73 Å². The van der Waals surface area contributed by atoms with Crippen LogP contribution in [0.3, 0.4) is 0 Å². The number of rotatable bonds is 14. The van der Waals surface area contributed by atoms with Crippen LogP contribution in [-0.2, 0) is 25.6 Å². The van der Waals surface area contributed by atoms with Crippen molar-refractivity contribution in [3.63, 3.8) is 0 Å². The highest BCUT2D eigenvalue weighted by molar-refractivity contribution is 7.80. The van der Waals surface area contributed by atoms with Crippen molar-refractivity contribution in [1.29, 1.82) is 0 Å². The number of carbonyl (C=O) groups excluding carboxylic acids is 3. The minimum Gasteiger partial charge on any atom is -0.480 e. The molecule has 0 fully saturated rings. The molecule has 190 valence electrons. The average molecular weight is 495 g/mol. The lowest BCUT2D eigenvalue weighted by Crippen LogP contribution is -2.58. The number of amides is 3. The van der Waals surface area contributed by atoms with E-state index < -0.39 is 47.9 Å². The van der Waals surface area contributed by atoms with Gasteiger partial charge in [0.1, 0.15) is 18.1 Å². The van der Waals surface area contributed by atoms with Crippen LogP contribution in [0.4, 0.5) is 0 Å². The fourth-order valence-electron chi connectivity index (χ4n) is 3.39. The van der Waals surface area contributed by atoms with E-state index in [-0.39, 0.29) is 24.0 Å². The molecule has 0 aromatic heterocycles. The SMILES string of the molecule is CC(C)CC(N)C(=O)NC(CC(C)C)C(=O)NC(Cc1ccccc1)C(=O)NC(CS)C(=O)O. The van der Waals surface area contributed by atoms with Crippen LogP contribution in [0.1, 0.15) is 46.1 Å². The maximum atomic E-state index is 13.2. The van der Waals surface area contributed by atoms with Gasteiger partial charge in [0.05, 0.1) is 6.04 Å².